The molecule has 2 N–H and O–H groups in total. The average Bonchev–Trinajstić information content (AvgIpc) is 3.12. The first kappa shape index (κ1) is 20.3. The molecule has 1 aromatic heterocycles. The molecule has 0 saturated heterocycles. The number of hydrogen-bond acceptors (Lipinski definition) is 5. The maximum atomic E-state index is 12.5. The summed E-state index contributed by atoms with van der Waals surface area (Å²) in [5.41, 5.74) is 2.64. The van der Waals surface area contributed by atoms with Crippen molar-refractivity contribution >= 4 is 59.9 Å². The third-order valence-corrected chi connectivity index (χ3v) is 6.95. The molecule has 0 aliphatic rings. The highest BCUT2D eigenvalue weighted by Gasteiger charge is 2.15. The first-order chi connectivity index (χ1) is 14.3. The lowest BCUT2D eigenvalue weighted by molar-refractivity contribution is 0.102. The van der Waals surface area contributed by atoms with Gasteiger partial charge >= 0.3 is 0 Å². The number of fused-ring (bicyclic) bond motifs is 1. The van der Waals surface area contributed by atoms with E-state index in [9.17, 15) is 13.2 Å². The van der Waals surface area contributed by atoms with Gasteiger partial charge in [0.1, 0.15) is 0 Å². The number of amides is 1. The fourth-order valence-electron chi connectivity index (χ4n) is 2.83. The largest absolute Gasteiger partial charge is 0.298 e. The Morgan fingerprint density at radius 1 is 1.00 bits per heavy atom. The fraction of sp³-hybridized carbons (Fsp3) is 0.0476. The van der Waals surface area contributed by atoms with Gasteiger partial charge in [-0.25, -0.2) is 13.4 Å². The molecule has 1 amide bonds. The molecule has 0 aliphatic carbocycles. The number of anilines is 2. The number of para-hydroxylation sites is 1. The number of aryl methyl sites for hydroxylation is 1. The normalized spacial score (nSPS) is 11.4. The molecule has 6 nitrogen and oxygen atoms in total. The smallest absolute Gasteiger partial charge is 0.261 e. The van der Waals surface area contributed by atoms with E-state index in [1.54, 1.807) is 12.1 Å². The number of sulfonamides is 1. The van der Waals surface area contributed by atoms with Crippen LogP contribution in [0.1, 0.15) is 15.9 Å². The Hall–Kier alpha value is -2.94. The average molecular weight is 458 g/mol. The summed E-state index contributed by atoms with van der Waals surface area (Å²) in [5, 5.41) is 3.75. The summed E-state index contributed by atoms with van der Waals surface area (Å²) in [6.45, 7) is 1.97. The molecule has 9 heteroatoms. The van der Waals surface area contributed by atoms with Gasteiger partial charge in [0, 0.05) is 16.3 Å². The van der Waals surface area contributed by atoms with E-state index in [4.69, 9.17) is 11.6 Å². The molecule has 0 bridgehead atoms. The van der Waals surface area contributed by atoms with Crippen molar-refractivity contribution in [3.05, 3.63) is 82.9 Å². The number of thiazole rings is 1. The lowest BCUT2D eigenvalue weighted by Crippen LogP contribution is -2.14. The van der Waals surface area contributed by atoms with Gasteiger partial charge in [-0.05, 0) is 67.1 Å². The molecule has 152 valence electrons. The minimum Gasteiger partial charge on any atom is -0.298 e. The highest BCUT2D eigenvalue weighted by molar-refractivity contribution is 7.92. The van der Waals surface area contributed by atoms with Gasteiger partial charge in [0.25, 0.3) is 15.9 Å². The standard InChI is InChI=1S/C21H16ClN3O3S2/c1-13-3-2-4-18-19(13)23-21(29-18)24-20(26)14-5-9-16(10-6-14)25-30(27,28)17-11-7-15(22)8-12-17/h2-12,25H,1H3,(H,23,24,26). The number of aromatic nitrogens is 1. The zero-order chi connectivity index (χ0) is 21.3. The lowest BCUT2D eigenvalue weighted by Gasteiger charge is -2.09. The van der Waals surface area contributed by atoms with Crippen LogP contribution in [0, 0.1) is 6.92 Å². The van der Waals surface area contributed by atoms with E-state index < -0.39 is 10.0 Å². The zero-order valence-electron chi connectivity index (χ0n) is 15.7. The van der Waals surface area contributed by atoms with Gasteiger partial charge in [-0.15, -0.1) is 0 Å². The number of halogens is 1. The number of nitrogens with zero attached hydrogens (tertiary/aromatic N) is 1. The molecule has 0 atom stereocenters. The van der Waals surface area contributed by atoms with Crippen molar-refractivity contribution in [3.8, 4) is 0 Å². The molecule has 0 saturated carbocycles. The van der Waals surface area contributed by atoms with Crippen molar-refractivity contribution in [2.24, 2.45) is 0 Å². The molecular formula is C21H16ClN3O3S2. The van der Waals surface area contributed by atoms with Crippen LogP contribution in [-0.4, -0.2) is 19.3 Å². The first-order valence-electron chi connectivity index (χ1n) is 8.88. The molecule has 0 radical (unpaired) electrons. The predicted molar refractivity (Wildman–Crippen MR) is 121 cm³/mol. The van der Waals surface area contributed by atoms with Crippen LogP contribution in [0.3, 0.4) is 0 Å². The molecule has 0 aliphatic heterocycles. The minimum atomic E-state index is -3.75. The summed E-state index contributed by atoms with van der Waals surface area (Å²) < 4.78 is 28.4. The van der Waals surface area contributed by atoms with Gasteiger partial charge in [-0.1, -0.05) is 35.1 Å². The van der Waals surface area contributed by atoms with Crippen molar-refractivity contribution in [3.63, 3.8) is 0 Å². The summed E-state index contributed by atoms with van der Waals surface area (Å²) in [6, 6.07) is 17.9. The number of benzene rings is 3. The van der Waals surface area contributed by atoms with Gasteiger partial charge in [-0.2, -0.15) is 0 Å². The van der Waals surface area contributed by atoms with Crippen molar-refractivity contribution in [1.29, 1.82) is 0 Å². The Kier molecular flexibility index (Phi) is 5.46. The second-order valence-electron chi connectivity index (χ2n) is 6.53. The van der Waals surface area contributed by atoms with E-state index in [1.807, 2.05) is 25.1 Å². The van der Waals surface area contributed by atoms with Crippen molar-refractivity contribution in [1.82, 2.24) is 4.98 Å². The number of nitrogens with one attached hydrogen (secondary N) is 2. The summed E-state index contributed by atoms with van der Waals surface area (Å²) in [7, 11) is -3.75. The molecular weight excluding hydrogens is 442 g/mol. The monoisotopic (exact) mass is 457 g/mol. The van der Waals surface area contributed by atoms with Gasteiger partial charge in [-0.3, -0.25) is 14.8 Å². The Balaban J connectivity index is 1.47. The van der Waals surface area contributed by atoms with Crippen LogP contribution in [0.5, 0.6) is 0 Å². The zero-order valence-corrected chi connectivity index (χ0v) is 18.1. The molecule has 4 aromatic rings. The second-order valence-corrected chi connectivity index (χ2v) is 9.68. The molecule has 30 heavy (non-hydrogen) atoms. The number of carbonyl (C=O) groups excluding carboxylic acids is 1. The van der Waals surface area contributed by atoms with Crippen LogP contribution >= 0.6 is 22.9 Å². The third-order valence-electron chi connectivity index (χ3n) is 4.36. The lowest BCUT2D eigenvalue weighted by atomic mass is 10.2. The number of carbonyl (C=O) groups is 1. The highest BCUT2D eigenvalue weighted by Crippen LogP contribution is 2.28. The number of rotatable bonds is 5. The fourth-order valence-corrected chi connectivity index (χ4v) is 4.95. The van der Waals surface area contributed by atoms with Crippen LogP contribution in [-0.2, 0) is 10.0 Å². The van der Waals surface area contributed by atoms with E-state index in [0.29, 0.717) is 21.4 Å². The second kappa shape index (κ2) is 8.06. The van der Waals surface area contributed by atoms with Gasteiger partial charge < -0.3 is 0 Å². The Bertz CT molecular complexity index is 1330. The summed E-state index contributed by atoms with van der Waals surface area (Å²) in [4.78, 5) is 17.1. The Morgan fingerprint density at radius 2 is 1.70 bits per heavy atom. The third kappa shape index (κ3) is 4.30. The summed E-state index contributed by atoms with van der Waals surface area (Å²) in [6.07, 6.45) is 0. The number of hydrogen-bond donors (Lipinski definition) is 2. The molecule has 0 spiro atoms. The van der Waals surface area contributed by atoms with Crippen molar-refractivity contribution in [2.75, 3.05) is 10.0 Å². The van der Waals surface area contributed by atoms with Gasteiger partial charge in [0.2, 0.25) is 0 Å². The molecule has 4 rings (SSSR count). The van der Waals surface area contributed by atoms with E-state index in [1.165, 1.54) is 47.7 Å². The van der Waals surface area contributed by atoms with E-state index in [-0.39, 0.29) is 10.8 Å². The SMILES string of the molecule is Cc1cccc2sc(NC(=O)c3ccc(NS(=O)(=O)c4ccc(Cl)cc4)cc3)nc12. The summed E-state index contributed by atoms with van der Waals surface area (Å²) in [5.74, 6) is -0.321. The first-order valence-corrected chi connectivity index (χ1v) is 11.6. The van der Waals surface area contributed by atoms with Crippen LogP contribution < -0.4 is 10.0 Å². The summed E-state index contributed by atoms with van der Waals surface area (Å²) >= 11 is 7.20. The van der Waals surface area contributed by atoms with Crippen molar-refractivity contribution in [2.45, 2.75) is 11.8 Å². The quantitative estimate of drug-likeness (QED) is 0.425. The minimum absolute atomic E-state index is 0.0971. The highest BCUT2D eigenvalue weighted by atomic mass is 35.5. The van der Waals surface area contributed by atoms with E-state index >= 15 is 0 Å². The van der Waals surface area contributed by atoms with Crippen LogP contribution in [0.2, 0.25) is 5.02 Å². The van der Waals surface area contributed by atoms with Crippen LogP contribution in [0.4, 0.5) is 10.8 Å². The topological polar surface area (TPSA) is 88.2 Å². The molecule has 0 unspecified atom stereocenters. The molecule has 0 fully saturated rings. The maximum absolute atomic E-state index is 12.5. The van der Waals surface area contributed by atoms with E-state index in [0.717, 1.165) is 15.8 Å². The van der Waals surface area contributed by atoms with Crippen LogP contribution in [0.15, 0.2) is 71.6 Å². The predicted octanol–water partition coefficient (Wildman–Crippen LogP) is 5.31. The Morgan fingerprint density at radius 3 is 2.37 bits per heavy atom. The van der Waals surface area contributed by atoms with Crippen molar-refractivity contribution < 1.29 is 13.2 Å². The maximum Gasteiger partial charge on any atom is 0.261 e. The van der Waals surface area contributed by atoms with E-state index in [2.05, 4.69) is 15.0 Å². The molecule has 1 heterocycles. The molecule has 3 aromatic carbocycles. The Labute approximate surface area is 182 Å². The van der Waals surface area contributed by atoms with Crippen LogP contribution in [0.25, 0.3) is 10.2 Å². The van der Waals surface area contributed by atoms with Gasteiger partial charge in [0.15, 0.2) is 5.13 Å². The van der Waals surface area contributed by atoms with Gasteiger partial charge in [0.05, 0.1) is 15.1 Å².